The first-order valence-corrected chi connectivity index (χ1v) is 11.2. The molecule has 164 valence electrons. The van der Waals surface area contributed by atoms with Crippen LogP contribution in [-0.2, 0) is 11.3 Å². The van der Waals surface area contributed by atoms with Gasteiger partial charge in [0.1, 0.15) is 10.6 Å². The normalized spacial score (nSPS) is 11.0. The Hall–Kier alpha value is -3.23. The molecule has 0 saturated carbocycles. The number of benzene rings is 1. The van der Waals surface area contributed by atoms with Gasteiger partial charge in [0.15, 0.2) is 0 Å². The second-order valence-electron chi connectivity index (χ2n) is 7.59. The predicted molar refractivity (Wildman–Crippen MR) is 127 cm³/mol. The summed E-state index contributed by atoms with van der Waals surface area (Å²) in [4.78, 5) is 32.3. The van der Waals surface area contributed by atoms with E-state index >= 15 is 0 Å². The molecule has 3 aromatic heterocycles. The van der Waals surface area contributed by atoms with Crippen LogP contribution in [0.25, 0.3) is 10.2 Å². The van der Waals surface area contributed by atoms with Crippen LogP contribution in [0.15, 0.2) is 48.7 Å². The molecule has 4 rings (SSSR count). The molecule has 0 unspecified atom stereocenters. The number of hydrogen-bond acceptors (Lipinski definition) is 5. The van der Waals surface area contributed by atoms with Gasteiger partial charge in [0.05, 0.1) is 23.7 Å². The number of hydrogen-bond donors (Lipinski definition) is 1. The Labute approximate surface area is 194 Å². The fourth-order valence-electron chi connectivity index (χ4n) is 3.38. The number of aryl methyl sites for hydroxylation is 2. The molecule has 1 aromatic carbocycles. The minimum atomic E-state index is -0.305. The highest BCUT2D eigenvalue weighted by atomic mass is 35.5. The molecule has 0 aliphatic rings. The van der Waals surface area contributed by atoms with E-state index in [-0.39, 0.29) is 18.4 Å². The van der Waals surface area contributed by atoms with Crippen LogP contribution in [-0.4, -0.2) is 45.1 Å². The van der Waals surface area contributed by atoms with E-state index < -0.39 is 0 Å². The Morgan fingerprint density at radius 1 is 1.19 bits per heavy atom. The Bertz CT molecular complexity index is 1310. The summed E-state index contributed by atoms with van der Waals surface area (Å²) in [7, 11) is 1.61. The summed E-state index contributed by atoms with van der Waals surface area (Å²) < 4.78 is 1.86. The summed E-state index contributed by atoms with van der Waals surface area (Å²) in [6.07, 6.45) is 1.63. The number of carbonyl (C=O) groups excluding carboxylic acids is 2. The molecule has 32 heavy (non-hydrogen) atoms. The Morgan fingerprint density at radius 2 is 1.97 bits per heavy atom. The first kappa shape index (κ1) is 22.0. The van der Waals surface area contributed by atoms with Gasteiger partial charge in [-0.2, -0.15) is 5.10 Å². The molecule has 0 atom stereocenters. The molecule has 3 heterocycles. The molecule has 0 aliphatic heterocycles. The zero-order valence-electron chi connectivity index (χ0n) is 17.9. The van der Waals surface area contributed by atoms with Gasteiger partial charge in [0.25, 0.3) is 5.91 Å². The molecule has 0 bridgehead atoms. The van der Waals surface area contributed by atoms with E-state index in [2.05, 4.69) is 15.4 Å². The van der Waals surface area contributed by atoms with Gasteiger partial charge in [0, 0.05) is 23.7 Å². The number of nitrogens with zero attached hydrogens (tertiary/aromatic N) is 4. The number of thiophene rings is 1. The van der Waals surface area contributed by atoms with Crippen LogP contribution in [0.5, 0.6) is 0 Å². The smallest absolute Gasteiger partial charge is 0.264 e. The quantitative estimate of drug-likeness (QED) is 0.452. The Balaban J connectivity index is 1.49. The molecule has 0 spiro atoms. The lowest BCUT2D eigenvalue weighted by molar-refractivity contribution is -0.116. The zero-order chi connectivity index (χ0) is 22.8. The van der Waals surface area contributed by atoms with E-state index in [1.807, 2.05) is 54.9 Å². The topological polar surface area (TPSA) is 80.1 Å². The van der Waals surface area contributed by atoms with Crippen LogP contribution < -0.4 is 5.32 Å². The first-order chi connectivity index (χ1) is 15.3. The van der Waals surface area contributed by atoms with Crippen molar-refractivity contribution in [3.05, 3.63) is 75.4 Å². The maximum Gasteiger partial charge on any atom is 0.264 e. The Kier molecular flexibility index (Phi) is 6.25. The van der Waals surface area contributed by atoms with Gasteiger partial charge in [-0.1, -0.05) is 29.8 Å². The van der Waals surface area contributed by atoms with E-state index in [0.29, 0.717) is 22.3 Å². The maximum absolute atomic E-state index is 13.0. The summed E-state index contributed by atoms with van der Waals surface area (Å²) in [5.41, 5.74) is 2.79. The SMILES string of the molecule is Cc1ccnc(NC(=O)CN(C)C(=O)c2cc3c(C)nn(Cc4ccccc4Cl)c3s2)c1. The molecule has 4 aromatic rings. The lowest BCUT2D eigenvalue weighted by Gasteiger charge is -2.15. The summed E-state index contributed by atoms with van der Waals surface area (Å²) in [5.74, 6) is -0.0589. The number of anilines is 1. The summed E-state index contributed by atoms with van der Waals surface area (Å²) in [6.45, 7) is 4.27. The van der Waals surface area contributed by atoms with E-state index in [0.717, 1.165) is 27.0 Å². The van der Waals surface area contributed by atoms with Crippen LogP contribution in [0.4, 0.5) is 5.82 Å². The highest BCUT2D eigenvalue weighted by Crippen LogP contribution is 2.30. The lowest BCUT2D eigenvalue weighted by Crippen LogP contribution is -2.34. The van der Waals surface area contributed by atoms with Gasteiger partial charge >= 0.3 is 0 Å². The van der Waals surface area contributed by atoms with E-state index in [9.17, 15) is 9.59 Å². The number of likely N-dealkylation sites (N-methyl/N-ethyl adjacent to an activating group) is 1. The minimum Gasteiger partial charge on any atom is -0.332 e. The molecule has 7 nitrogen and oxygen atoms in total. The average Bonchev–Trinajstić information content (AvgIpc) is 3.30. The lowest BCUT2D eigenvalue weighted by atomic mass is 10.2. The van der Waals surface area contributed by atoms with Crippen LogP contribution in [0.2, 0.25) is 5.02 Å². The number of fused-ring (bicyclic) bond motifs is 1. The molecule has 0 saturated heterocycles. The largest absolute Gasteiger partial charge is 0.332 e. The summed E-state index contributed by atoms with van der Waals surface area (Å²) >= 11 is 7.67. The van der Waals surface area contributed by atoms with Crippen molar-refractivity contribution in [1.29, 1.82) is 0 Å². The van der Waals surface area contributed by atoms with Crippen LogP contribution in [0.1, 0.15) is 26.5 Å². The minimum absolute atomic E-state index is 0.0760. The van der Waals surface area contributed by atoms with Crippen molar-refractivity contribution in [2.24, 2.45) is 0 Å². The van der Waals surface area contributed by atoms with Gasteiger partial charge in [-0.25, -0.2) is 4.98 Å². The molecule has 0 aliphatic carbocycles. The number of pyridine rings is 1. The number of nitrogens with one attached hydrogen (secondary N) is 1. The van der Waals surface area contributed by atoms with Crippen molar-refractivity contribution < 1.29 is 9.59 Å². The van der Waals surface area contributed by atoms with Crippen LogP contribution in [0.3, 0.4) is 0 Å². The number of amides is 2. The first-order valence-electron chi connectivity index (χ1n) is 10.00. The number of halogens is 1. The van der Waals surface area contributed by atoms with Crippen LogP contribution in [0, 0.1) is 13.8 Å². The van der Waals surface area contributed by atoms with Crippen molar-refractivity contribution >= 4 is 50.8 Å². The fraction of sp³-hybridized carbons (Fsp3) is 0.217. The maximum atomic E-state index is 13.0. The molecule has 9 heteroatoms. The average molecular weight is 468 g/mol. The van der Waals surface area contributed by atoms with Gasteiger partial charge in [-0.3, -0.25) is 14.3 Å². The van der Waals surface area contributed by atoms with Crippen LogP contribution >= 0.6 is 22.9 Å². The molecular weight excluding hydrogens is 446 g/mol. The molecule has 0 fully saturated rings. The summed E-state index contributed by atoms with van der Waals surface area (Å²) in [6, 6.07) is 13.1. The molecular formula is C23H22ClN5O2S. The molecule has 2 amide bonds. The highest BCUT2D eigenvalue weighted by Gasteiger charge is 2.21. The predicted octanol–water partition coefficient (Wildman–Crippen LogP) is 4.52. The van der Waals surface area contributed by atoms with Crippen molar-refractivity contribution in [3.63, 3.8) is 0 Å². The number of rotatable bonds is 6. The highest BCUT2D eigenvalue weighted by molar-refractivity contribution is 7.20. The van der Waals surface area contributed by atoms with Crippen molar-refractivity contribution in [1.82, 2.24) is 19.7 Å². The van der Waals surface area contributed by atoms with Crippen molar-refractivity contribution in [3.8, 4) is 0 Å². The number of aromatic nitrogens is 3. The number of carbonyl (C=O) groups is 2. The van der Waals surface area contributed by atoms with E-state index in [1.165, 1.54) is 16.2 Å². The van der Waals surface area contributed by atoms with E-state index in [4.69, 9.17) is 11.6 Å². The van der Waals surface area contributed by atoms with E-state index in [1.54, 1.807) is 19.3 Å². The van der Waals surface area contributed by atoms with Crippen molar-refractivity contribution in [2.75, 3.05) is 18.9 Å². The monoisotopic (exact) mass is 467 g/mol. The van der Waals surface area contributed by atoms with Gasteiger partial charge in [-0.15, -0.1) is 11.3 Å². The third-order valence-corrected chi connectivity index (χ3v) is 6.51. The van der Waals surface area contributed by atoms with Gasteiger partial charge in [0.2, 0.25) is 5.91 Å². The second kappa shape index (κ2) is 9.10. The molecule has 1 N–H and O–H groups in total. The fourth-order valence-corrected chi connectivity index (χ4v) is 4.73. The van der Waals surface area contributed by atoms with Gasteiger partial charge in [-0.05, 0) is 49.2 Å². The Morgan fingerprint density at radius 3 is 2.72 bits per heavy atom. The van der Waals surface area contributed by atoms with Crippen molar-refractivity contribution in [2.45, 2.75) is 20.4 Å². The standard InChI is InChI=1S/C23H22ClN5O2S/c1-14-8-9-25-20(10-14)26-21(30)13-28(3)22(31)19-11-17-15(2)27-29(23(17)32-19)12-16-6-4-5-7-18(16)24/h4-11H,12-13H2,1-3H3,(H,25,26,30). The van der Waals surface area contributed by atoms with Gasteiger partial charge < -0.3 is 10.2 Å². The summed E-state index contributed by atoms with van der Waals surface area (Å²) in [5, 5.41) is 8.93. The molecule has 0 radical (unpaired) electrons. The third kappa shape index (κ3) is 4.66. The zero-order valence-corrected chi connectivity index (χ0v) is 19.5. The second-order valence-corrected chi connectivity index (χ2v) is 9.03. The third-order valence-electron chi connectivity index (χ3n) is 5.01.